The second-order valence-corrected chi connectivity index (χ2v) is 6.43. The number of halogens is 1. The van der Waals surface area contributed by atoms with Crippen LogP contribution < -0.4 is 5.32 Å². The number of piperidine rings is 1. The second kappa shape index (κ2) is 7.06. The van der Waals surface area contributed by atoms with Crippen molar-refractivity contribution in [2.75, 3.05) is 19.6 Å². The van der Waals surface area contributed by atoms with E-state index in [1.165, 1.54) is 6.92 Å². The fourth-order valence-corrected chi connectivity index (χ4v) is 2.98. The van der Waals surface area contributed by atoms with E-state index in [1.807, 2.05) is 29.2 Å². The summed E-state index contributed by atoms with van der Waals surface area (Å²) in [7, 11) is 0. The lowest BCUT2D eigenvalue weighted by molar-refractivity contribution is -0.119. The number of carbonyl (C=O) groups is 2. The third kappa shape index (κ3) is 4.19. The first-order valence-electron chi connectivity index (χ1n) is 6.85. The first kappa shape index (κ1) is 15.3. The zero-order valence-electron chi connectivity index (χ0n) is 11.6. The van der Waals surface area contributed by atoms with Crippen LogP contribution in [0.25, 0.3) is 0 Å². The average molecular weight is 386 g/mol. The molecule has 0 radical (unpaired) electrons. The maximum absolute atomic E-state index is 12.4. The minimum absolute atomic E-state index is 0.0161. The van der Waals surface area contributed by atoms with E-state index in [2.05, 4.69) is 27.9 Å². The molecule has 0 aliphatic carbocycles. The highest BCUT2D eigenvalue weighted by atomic mass is 127. The molecule has 4 nitrogen and oxygen atoms in total. The van der Waals surface area contributed by atoms with E-state index in [-0.39, 0.29) is 11.8 Å². The Kier molecular flexibility index (Phi) is 5.39. The normalized spacial score (nSPS) is 16.0. The molecule has 1 aliphatic rings. The molecule has 1 fully saturated rings. The van der Waals surface area contributed by atoms with Gasteiger partial charge in [-0.25, -0.2) is 0 Å². The van der Waals surface area contributed by atoms with Gasteiger partial charge in [-0.05, 0) is 59.5 Å². The van der Waals surface area contributed by atoms with Crippen molar-refractivity contribution in [2.45, 2.75) is 19.8 Å². The Morgan fingerprint density at radius 3 is 2.65 bits per heavy atom. The standard InChI is InChI=1S/C15H19IN2O2/c1-11(19)17-10-12-5-7-18(8-6-12)15(20)13-3-2-4-14(16)9-13/h2-4,9,12H,5-8,10H2,1H3,(H,17,19). The number of nitrogens with zero attached hydrogens (tertiary/aromatic N) is 1. The molecule has 0 unspecified atom stereocenters. The molecule has 1 heterocycles. The van der Waals surface area contributed by atoms with Gasteiger partial charge in [0.2, 0.25) is 5.91 Å². The highest BCUT2D eigenvalue weighted by Crippen LogP contribution is 2.19. The van der Waals surface area contributed by atoms with Crippen LogP contribution in [-0.2, 0) is 4.79 Å². The summed E-state index contributed by atoms with van der Waals surface area (Å²) in [6.07, 6.45) is 1.91. The maximum atomic E-state index is 12.4. The van der Waals surface area contributed by atoms with Crippen LogP contribution in [0.1, 0.15) is 30.1 Å². The van der Waals surface area contributed by atoms with Gasteiger partial charge in [0.15, 0.2) is 0 Å². The van der Waals surface area contributed by atoms with Crippen molar-refractivity contribution in [3.8, 4) is 0 Å². The van der Waals surface area contributed by atoms with Gasteiger partial charge in [0.05, 0.1) is 0 Å². The number of carbonyl (C=O) groups excluding carboxylic acids is 2. The predicted octanol–water partition coefficient (Wildman–Crippen LogP) is 2.28. The van der Waals surface area contributed by atoms with Crippen LogP contribution in [0, 0.1) is 9.49 Å². The number of likely N-dealkylation sites (tertiary alicyclic amines) is 1. The smallest absolute Gasteiger partial charge is 0.253 e. The van der Waals surface area contributed by atoms with Crippen molar-refractivity contribution in [1.29, 1.82) is 0 Å². The van der Waals surface area contributed by atoms with Crippen molar-refractivity contribution in [1.82, 2.24) is 10.2 Å². The summed E-state index contributed by atoms with van der Waals surface area (Å²) in [5.41, 5.74) is 0.761. The lowest BCUT2D eigenvalue weighted by Crippen LogP contribution is -2.41. The van der Waals surface area contributed by atoms with Gasteiger partial charge >= 0.3 is 0 Å². The van der Waals surface area contributed by atoms with Gasteiger partial charge in [-0.1, -0.05) is 6.07 Å². The molecule has 0 atom stereocenters. The second-order valence-electron chi connectivity index (χ2n) is 5.18. The zero-order valence-corrected chi connectivity index (χ0v) is 13.7. The maximum Gasteiger partial charge on any atom is 0.253 e. The average Bonchev–Trinajstić information content (AvgIpc) is 2.45. The van der Waals surface area contributed by atoms with Crippen LogP contribution in [0.2, 0.25) is 0 Å². The summed E-state index contributed by atoms with van der Waals surface area (Å²) in [5.74, 6) is 0.614. The molecule has 5 heteroatoms. The largest absolute Gasteiger partial charge is 0.356 e. The molecule has 108 valence electrons. The van der Waals surface area contributed by atoms with Crippen molar-refractivity contribution in [2.24, 2.45) is 5.92 Å². The zero-order chi connectivity index (χ0) is 14.5. The molecule has 20 heavy (non-hydrogen) atoms. The Labute approximate surface area is 133 Å². The Morgan fingerprint density at radius 1 is 1.35 bits per heavy atom. The first-order valence-corrected chi connectivity index (χ1v) is 7.93. The molecular weight excluding hydrogens is 367 g/mol. The Bertz CT molecular complexity index is 496. The summed E-state index contributed by atoms with van der Waals surface area (Å²) < 4.78 is 1.08. The SMILES string of the molecule is CC(=O)NCC1CCN(C(=O)c2cccc(I)c2)CC1. The number of hydrogen-bond acceptors (Lipinski definition) is 2. The first-order chi connectivity index (χ1) is 9.56. The molecule has 0 bridgehead atoms. The minimum atomic E-state index is 0.0161. The van der Waals surface area contributed by atoms with Crippen molar-refractivity contribution in [3.63, 3.8) is 0 Å². The van der Waals surface area contributed by atoms with Crippen LogP contribution in [0.4, 0.5) is 0 Å². The molecule has 1 saturated heterocycles. The fraction of sp³-hybridized carbons (Fsp3) is 0.467. The number of benzene rings is 1. The van der Waals surface area contributed by atoms with Crippen molar-refractivity contribution in [3.05, 3.63) is 33.4 Å². The lowest BCUT2D eigenvalue weighted by atomic mass is 9.96. The minimum Gasteiger partial charge on any atom is -0.356 e. The van der Waals surface area contributed by atoms with Crippen LogP contribution in [0.3, 0.4) is 0 Å². The van der Waals surface area contributed by atoms with E-state index in [0.29, 0.717) is 5.92 Å². The Balaban J connectivity index is 1.87. The van der Waals surface area contributed by atoms with Gasteiger partial charge in [0, 0.05) is 35.7 Å². The van der Waals surface area contributed by atoms with E-state index in [0.717, 1.165) is 41.6 Å². The van der Waals surface area contributed by atoms with Crippen molar-refractivity contribution >= 4 is 34.4 Å². The highest BCUT2D eigenvalue weighted by molar-refractivity contribution is 14.1. The summed E-state index contributed by atoms with van der Waals surface area (Å²) in [4.78, 5) is 25.2. The fourth-order valence-electron chi connectivity index (χ4n) is 2.43. The van der Waals surface area contributed by atoms with Gasteiger partial charge < -0.3 is 10.2 Å². The number of nitrogens with one attached hydrogen (secondary N) is 1. The van der Waals surface area contributed by atoms with Gasteiger partial charge in [-0.2, -0.15) is 0 Å². The molecule has 0 saturated carbocycles. The van der Waals surface area contributed by atoms with E-state index >= 15 is 0 Å². The van der Waals surface area contributed by atoms with Crippen LogP contribution >= 0.6 is 22.6 Å². The van der Waals surface area contributed by atoms with Crippen LogP contribution in [0.15, 0.2) is 24.3 Å². The molecular formula is C15H19IN2O2. The van der Waals surface area contributed by atoms with E-state index < -0.39 is 0 Å². The van der Waals surface area contributed by atoms with Crippen LogP contribution in [-0.4, -0.2) is 36.3 Å². The number of hydrogen-bond donors (Lipinski definition) is 1. The topological polar surface area (TPSA) is 49.4 Å². The molecule has 1 aromatic carbocycles. The van der Waals surface area contributed by atoms with Gasteiger partial charge in [-0.3, -0.25) is 9.59 Å². The molecule has 1 N–H and O–H groups in total. The molecule has 0 spiro atoms. The highest BCUT2D eigenvalue weighted by Gasteiger charge is 2.23. The number of rotatable bonds is 3. The monoisotopic (exact) mass is 386 g/mol. The summed E-state index contributed by atoms with van der Waals surface area (Å²) in [6, 6.07) is 7.69. The van der Waals surface area contributed by atoms with Gasteiger partial charge in [0.1, 0.15) is 0 Å². The van der Waals surface area contributed by atoms with E-state index in [4.69, 9.17) is 0 Å². The Morgan fingerprint density at radius 2 is 2.05 bits per heavy atom. The summed E-state index contributed by atoms with van der Waals surface area (Å²) >= 11 is 2.22. The van der Waals surface area contributed by atoms with E-state index in [1.54, 1.807) is 0 Å². The molecule has 0 aromatic heterocycles. The Hall–Kier alpha value is -1.11. The molecule has 2 amide bonds. The molecule has 1 aromatic rings. The third-order valence-corrected chi connectivity index (χ3v) is 4.28. The third-order valence-electron chi connectivity index (χ3n) is 3.61. The summed E-state index contributed by atoms with van der Waals surface area (Å²) in [6.45, 7) is 3.80. The molecule has 2 rings (SSSR count). The predicted molar refractivity (Wildman–Crippen MR) is 86.5 cm³/mol. The van der Waals surface area contributed by atoms with Gasteiger partial charge in [-0.15, -0.1) is 0 Å². The number of amides is 2. The van der Waals surface area contributed by atoms with E-state index in [9.17, 15) is 9.59 Å². The van der Waals surface area contributed by atoms with Crippen molar-refractivity contribution < 1.29 is 9.59 Å². The van der Waals surface area contributed by atoms with Gasteiger partial charge in [0.25, 0.3) is 5.91 Å². The molecule has 1 aliphatic heterocycles. The van der Waals surface area contributed by atoms with Crippen LogP contribution in [0.5, 0.6) is 0 Å². The summed E-state index contributed by atoms with van der Waals surface area (Å²) in [5, 5.41) is 2.86. The quantitative estimate of drug-likeness (QED) is 0.811. The lowest BCUT2D eigenvalue weighted by Gasteiger charge is -2.32.